The summed E-state index contributed by atoms with van der Waals surface area (Å²) >= 11 is 3.42. The number of carbonyl (C=O) groups is 2. The van der Waals surface area contributed by atoms with Crippen LogP contribution in [0, 0.1) is 0 Å². The van der Waals surface area contributed by atoms with Crippen LogP contribution in [0.15, 0.2) is 28.7 Å². The topological polar surface area (TPSA) is 43.4 Å². The number of rotatable bonds is 4. The maximum absolute atomic E-state index is 11.7. The van der Waals surface area contributed by atoms with E-state index in [1.807, 2.05) is 24.3 Å². The third-order valence-corrected chi connectivity index (χ3v) is 3.79. The molecule has 0 heterocycles. The molecule has 1 aromatic rings. The lowest BCUT2D eigenvalue weighted by molar-refractivity contribution is -0.147. The maximum atomic E-state index is 11.7. The first-order valence-electron chi connectivity index (χ1n) is 5.99. The van der Waals surface area contributed by atoms with Gasteiger partial charge in [-0.2, -0.15) is 0 Å². The van der Waals surface area contributed by atoms with E-state index >= 15 is 0 Å². The molecule has 0 saturated heterocycles. The number of esters is 1. The lowest BCUT2D eigenvalue weighted by Crippen LogP contribution is -2.43. The minimum atomic E-state index is -0.354. The second-order valence-electron chi connectivity index (χ2n) is 4.66. The third-order valence-electron chi connectivity index (χ3n) is 3.30. The second-order valence-corrected chi connectivity index (χ2v) is 5.58. The molecule has 0 bridgehead atoms. The molecular formula is C14H15BrO3. The molecule has 1 fully saturated rings. The molecule has 0 aromatic heterocycles. The van der Waals surface area contributed by atoms with Gasteiger partial charge in [-0.05, 0) is 24.6 Å². The first-order chi connectivity index (χ1) is 8.55. The van der Waals surface area contributed by atoms with Gasteiger partial charge in [-0.3, -0.25) is 9.59 Å². The Morgan fingerprint density at radius 1 is 1.44 bits per heavy atom. The summed E-state index contributed by atoms with van der Waals surface area (Å²) in [6.07, 6.45) is 1.15. The number of hydrogen-bond donors (Lipinski definition) is 0. The van der Waals surface area contributed by atoms with Crippen LogP contribution in [0.25, 0.3) is 0 Å². The highest BCUT2D eigenvalue weighted by Gasteiger charge is 2.46. The van der Waals surface area contributed by atoms with Crippen molar-refractivity contribution in [1.29, 1.82) is 0 Å². The molecule has 0 spiro atoms. The first-order valence-corrected chi connectivity index (χ1v) is 6.78. The van der Waals surface area contributed by atoms with Crippen molar-refractivity contribution in [3.8, 4) is 0 Å². The largest absolute Gasteiger partial charge is 0.466 e. The van der Waals surface area contributed by atoms with Crippen molar-refractivity contribution >= 4 is 27.7 Å². The van der Waals surface area contributed by atoms with Gasteiger partial charge in [0.2, 0.25) is 0 Å². The molecule has 1 aromatic carbocycles. The summed E-state index contributed by atoms with van der Waals surface area (Å²) in [6.45, 7) is 2.16. The van der Waals surface area contributed by atoms with Crippen molar-refractivity contribution in [2.45, 2.75) is 31.6 Å². The molecule has 3 nitrogen and oxygen atoms in total. The van der Waals surface area contributed by atoms with E-state index in [-0.39, 0.29) is 23.6 Å². The predicted molar refractivity (Wildman–Crippen MR) is 71.3 cm³/mol. The number of ether oxygens (including phenoxy) is 1. The van der Waals surface area contributed by atoms with Crippen LogP contribution in [0.3, 0.4) is 0 Å². The minimum absolute atomic E-state index is 0.208. The summed E-state index contributed by atoms with van der Waals surface area (Å²) in [6, 6.07) is 7.80. The zero-order chi connectivity index (χ0) is 13.2. The highest BCUT2D eigenvalue weighted by atomic mass is 79.9. The molecule has 4 heteroatoms. The van der Waals surface area contributed by atoms with E-state index in [9.17, 15) is 9.59 Å². The van der Waals surface area contributed by atoms with Gasteiger partial charge >= 0.3 is 5.97 Å². The van der Waals surface area contributed by atoms with Crippen molar-refractivity contribution in [3.63, 3.8) is 0 Å². The van der Waals surface area contributed by atoms with Crippen LogP contribution in [0.2, 0.25) is 0 Å². The lowest BCUT2D eigenvalue weighted by atomic mass is 9.62. The van der Waals surface area contributed by atoms with Crippen molar-refractivity contribution in [2.24, 2.45) is 0 Å². The number of hydrogen-bond acceptors (Lipinski definition) is 3. The molecule has 0 unspecified atom stereocenters. The lowest BCUT2D eigenvalue weighted by Gasteiger charge is -2.40. The summed E-state index contributed by atoms with van der Waals surface area (Å²) in [5.74, 6) is -0.0238. The van der Waals surface area contributed by atoms with Gasteiger partial charge in [-0.15, -0.1) is 0 Å². The van der Waals surface area contributed by atoms with Crippen molar-refractivity contribution in [1.82, 2.24) is 0 Å². The van der Waals surface area contributed by atoms with Crippen LogP contribution in [-0.2, 0) is 19.7 Å². The van der Waals surface area contributed by atoms with E-state index in [2.05, 4.69) is 15.9 Å². The average molecular weight is 311 g/mol. The van der Waals surface area contributed by atoms with Gasteiger partial charge in [0, 0.05) is 22.7 Å². The quantitative estimate of drug-likeness (QED) is 0.803. The molecule has 2 rings (SSSR count). The van der Waals surface area contributed by atoms with Gasteiger partial charge < -0.3 is 4.74 Å². The Hall–Kier alpha value is -1.16. The Balaban J connectivity index is 2.22. The fourth-order valence-electron chi connectivity index (χ4n) is 2.44. The zero-order valence-electron chi connectivity index (χ0n) is 10.2. The Morgan fingerprint density at radius 3 is 2.72 bits per heavy atom. The van der Waals surface area contributed by atoms with Crippen LogP contribution in [0.1, 0.15) is 31.7 Å². The average Bonchev–Trinajstić information content (AvgIpc) is 2.26. The van der Waals surface area contributed by atoms with E-state index < -0.39 is 0 Å². The molecule has 1 aliphatic carbocycles. The summed E-state index contributed by atoms with van der Waals surface area (Å²) in [5, 5.41) is 0. The summed E-state index contributed by atoms with van der Waals surface area (Å²) in [7, 11) is 0. The summed E-state index contributed by atoms with van der Waals surface area (Å²) < 4.78 is 5.96. The molecule has 18 heavy (non-hydrogen) atoms. The minimum Gasteiger partial charge on any atom is -0.466 e. The van der Waals surface area contributed by atoms with Gasteiger partial charge in [0.1, 0.15) is 5.78 Å². The van der Waals surface area contributed by atoms with E-state index in [0.717, 1.165) is 10.0 Å². The second kappa shape index (κ2) is 5.22. The fraction of sp³-hybridized carbons (Fsp3) is 0.429. The molecule has 0 aliphatic heterocycles. The van der Waals surface area contributed by atoms with Crippen LogP contribution in [-0.4, -0.2) is 18.4 Å². The number of halogens is 1. The van der Waals surface area contributed by atoms with Gasteiger partial charge in [0.05, 0.1) is 13.0 Å². The van der Waals surface area contributed by atoms with Crippen molar-refractivity contribution in [3.05, 3.63) is 34.3 Å². The summed E-state index contributed by atoms with van der Waals surface area (Å²) in [5.41, 5.74) is 0.678. The number of ketones is 1. The smallest absolute Gasteiger partial charge is 0.306 e. The van der Waals surface area contributed by atoms with Crippen LogP contribution < -0.4 is 0 Å². The van der Waals surface area contributed by atoms with Crippen LogP contribution in [0.4, 0.5) is 0 Å². The molecule has 96 valence electrons. The maximum Gasteiger partial charge on any atom is 0.306 e. The van der Waals surface area contributed by atoms with Crippen molar-refractivity contribution in [2.75, 3.05) is 6.61 Å². The van der Waals surface area contributed by atoms with E-state index in [1.165, 1.54) is 0 Å². The molecule has 1 saturated carbocycles. The number of benzene rings is 1. The monoisotopic (exact) mass is 310 g/mol. The number of Topliss-reactive ketones (excluding diaryl/α,β-unsaturated/α-hetero) is 1. The van der Waals surface area contributed by atoms with Gasteiger partial charge in [0.15, 0.2) is 0 Å². The highest BCUT2D eigenvalue weighted by Crippen LogP contribution is 2.45. The Morgan fingerprint density at radius 2 is 2.17 bits per heavy atom. The Bertz CT molecular complexity index is 474. The molecule has 0 radical (unpaired) electrons. The van der Waals surface area contributed by atoms with Gasteiger partial charge in [-0.1, -0.05) is 28.1 Å². The van der Waals surface area contributed by atoms with Gasteiger partial charge in [0.25, 0.3) is 0 Å². The predicted octanol–water partition coefficient (Wildman–Crippen LogP) is 3.00. The first kappa shape index (κ1) is 13.3. The van der Waals surface area contributed by atoms with Crippen LogP contribution in [0.5, 0.6) is 0 Å². The van der Waals surface area contributed by atoms with Crippen molar-refractivity contribution < 1.29 is 14.3 Å². The van der Waals surface area contributed by atoms with E-state index in [4.69, 9.17) is 4.74 Å². The molecule has 0 amide bonds. The van der Waals surface area contributed by atoms with E-state index in [0.29, 0.717) is 19.4 Å². The molecule has 0 atom stereocenters. The molecular weight excluding hydrogens is 296 g/mol. The van der Waals surface area contributed by atoms with E-state index in [1.54, 1.807) is 6.92 Å². The SMILES string of the molecule is CCOC(=O)CC1(c2cccc(Br)c2)CC(=O)C1. The number of carbonyl (C=O) groups excluding carboxylic acids is 2. The zero-order valence-corrected chi connectivity index (χ0v) is 11.8. The Kier molecular flexibility index (Phi) is 3.85. The summed E-state index contributed by atoms with van der Waals surface area (Å²) in [4.78, 5) is 23.0. The van der Waals surface area contributed by atoms with Crippen LogP contribution >= 0.6 is 15.9 Å². The fourth-order valence-corrected chi connectivity index (χ4v) is 2.84. The molecule has 1 aliphatic rings. The third kappa shape index (κ3) is 2.64. The standard InChI is InChI=1S/C14H15BrO3/c1-2-18-13(17)9-14(7-12(16)8-14)10-4-3-5-11(15)6-10/h3-6H,2,7-9H2,1H3. The normalized spacial score (nSPS) is 17.1. The molecule has 0 N–H and O–H groups in total. The Labute approximate surface area is 115 Å². The highest BCUT2D eigenvalue weighted by molar-refractivity contribution is 9.10. The van der Waals surface area contributed by atoms with Gasteiger partial charge in [-0.25, -0.2) is 0 Å².